The van der Waals surface area contributed by atoms with Crippen LogP contribution in [-0.4, -0.2) is 96.0 Å². The van der Waals surface area contributed by atoms with Crippen molar-refractivity contribution in [1.29, 1.82) is 0 Å². The van der Waals surface area contributed by atoms with Crippen molar-refractivity contribution in [3.05, 3.63) is 24.3 Å². The summed E-state index contributed by atoms with van der Waals surface area (Å²) >= 11 is 0. The molecule has 0 spiro atoms. The number of aliphatic hydroxyl groups excluding tert-OH is 3. The van der Waals surface area contributed by atoms with E-state index >= 15 is 0 Å². The summed E-state index contributed by atoms with van der Waals surface area (Å²) in [5.74, 6) is -2.06. The quantitative estimate of drug-likeness (QED) is 0.0226. The van der Waals surface area contributed by atoms with E-state index in [0.717, 1.165) is 32.1 Å². The molecule has 0 aliphatic carbocycles. The van der Waals surface area contributed by atoms with Gasteiger partial charge in [-0.3, -0.25) is 14.1 Å². The SMILES string of the molecule is CCCCCCCC/C=C/C/C=C/CCC(=O)OC(COC(=O)CCCCCCCCCCCCCC)CO[C@H]1O[C@H](CS(=O)(=O)O)[C@@H](O)C(O)C1O. The number of allylic oxidation sites excluding steroid dienone is 4. The van der Waals surface area contributed by atoms with Crippen molar-refractivity contribution in [3.8, 4) is 0 Å². The van der Waals surface area contributed by atoms with Crippen molar-refractivity contribution in [2.45, 2.75) is 198 Å². The summed E-state index contributed by atoms with van der Waals surface area (Å²) in [4.78, 5) is 25.2. The molecule has 1 aliphatic heterocycles. The van der Waals surface area contributed by atoms with Crippen LogP contribution in [0.4, 0.5) is 0 Å². The van der Waals surface area contributed by atoms with Gasteiger partial charge in [0.1, 0.15) is 36.8 Å². The van der Waals surface area contributed by atoms with Gasteiger partial charge in [-0.05, 0) is 32.1 Å². The maximum absolute atomic E-state index is 12.7. The predicted octanol–water partition coefficient (Wildman–Crippen LogP) is 7.28. The number of aliphatic hydroxyl groups is 3. The first-order valence-corrected chi connectivity index (χ1v) is 22.0. The summed E-state index contributed by atoms with van der Waals surface area (Å²) in [5.41, 5.74) is 0. The summed E-state index contributed by atoms with van der Waals surface area (Å²) in [7, 11) is -4.60. The van der Waals surface area contributed by atoms with Gasteiger partial charge in [0.15, 0.2) is 12.4 Å². The number of carbonyl (C=O) groups is 2. The van der Waals surface area contributed by atoms with Gasteiger partial charge >= 0.3 is 11.9 Å². The zero-order valence-electron chi connectivity index (χ0n) is 32.6. The minimum absolute atomic E-state index is 0.0607. The molecule has 1 fully saturated rings. The van der Waals surface area contributed by atoms with E-state index in [9.17, 15) is 37.9 Å². The molecule has 1 heterocycles. The Balaban J connectivity index is 2.55. The van der Waals surface area contributed by atoms with Crippen LogP contribution in [0.2, 0.25) is 0 Å². The Morgan fingerprint density at radius 1 is 0.642 bits per heavy atom. The number of carbonyl (C=O) groups excluding carboxylic acids is 2. The highest BCUT2D eigenvalue weighted by atomic mass is 32.2. The Morgan fingerprint density at radius 3 is 1.74 bits per heavy atom. The number of hydrogen-bond acceptors (Lipinski definition) is 11. The minimum atomic E-state index is -4.60. The smallest absolute Gasteiger partial charge is 0.306 e. The van der Waals surface area contributed by atoms with Gasteiger partial charge in [0.2, 0.25) is 0 Å². The second-order valence-corrected chi connectivity index (χ2v) is 15.8. The Bertz CT molecular complexity index is 1100. The van der Waals surface area contributed by atoms with Crippen molar-refractivity contribution in [1.82, 2.24) is 0 Å². The van der Waals surface area contributed by atoms with Crippen LogP contribution < -0.4 is 0 Å². The molecule has 1 saturated heterocycles. The average molecular weight is 777 g/mol. The Morgan fingerprint density at radius 2 is 1.17 bits per heavy atom. The van der Waals surface area contributed by atoms with Crippen LogP contribution >= 0.6 is 0 Å². The first kappa shape index (κ1) is 49.1. The zero-order chi connectivity index (χ0) is 39.2. The third kappa shape index (κ3) is 26.6. The molecule has 53 heavy (non-hydrogen) atoms. The molecule has 0 bridgehead atoms. The van der Waals surface area contributed by atoms with Crippen LogP contribution in [0, 0.1) is 0 Å². The normalized spacial score (nSPS) is 21.4. The highest BCUT2D eigenvalue weighted by Gasteiger charge is 2.46. The molecule has 1 rings (SSSR count). The molecule has 4 N–H and O–H groups in total. The van der Waals surface area contributed by atoms with Gasteiger partial charge < -0.3 is 34.3 Å². The van der Waals surface area contributed by atoms with E-state index in [-0.39, 0.29) is 19.4 Å². The number of unbranched alkanes of at least 4 members (excludes halogenated alkanes) is 17. The summed E-state index contributed by atoms with van der Waals surface area (Å²) < 4.78 is 53.8. The van der Waals surface area contributed by atoms with E-state index in [1.807, 2.05) is 12.2 Å². The topological polar surface area (TPSA) is 186 Å². The number of esters is 2. The van der Waals surface area contributed by atoms with Gasteiger partial charge in [-0.2, -0.15) is 8.42 Å². The molecule has 3 unspecified atom stereocenters. The number of rotatable bonds is 33. The second kappa shape index (κ2) is 31.3. The fraction of sp³-hybridized carbons (Fsp3) is 0.850. The molecule has 12 nitrogen and oxygen atoms in total. The molecule has 0 aromatic rings. The van der Waals surface area contributed by atoms with E-state index in [4.69, 9.17) is 18.9 Å². The molecule has 6 atom stereocenters. The van der Waals surface area contributed by atoms with Crippen molar-refractivity contribution in [2.75, 3.05) is 19.0 Å². The van der Waals surface area contributed by atoms with E-state index in [1.54, 1.807) is 0 Å². The van der Waals surface area contributed by atoms with Gasteiger partial charge in [-0.25, -0.2) is 0 Å². The molecule has 0 amide bonds. The van der Waals surface area contributed by atoms with E-state index < -0.39 is 71.2 Å². The van der Waals surface area contributed by atoms with Gasteiger partial charge in [0.05, 0.1) is 6.61 Å². The Hall–Kier alpha value is -1.87. The van der Waals surface area contributed by atoms with E-state index in [1.165, 1.54) is 89.9 Å². The highest BCUT2D eigenvalue weighted by Crippen LogP contribution is 2.24. The standard InChI is InChI=1S/C40H72O12S/c1-3-5-7-9-11-13-15-17-19-21-23-25-27-29-36(42)51-33(31-50-40-39(45)38(44)37(43)34(52-40)32-53(46,47)48)30-49-35(41)28-26-24-22-20-18-16-14-12-10-8-6-4-2/h17,19,23,25,33-34,37-40,43-45H,3-16,18,20-22,24,26-32H2,1-2H3,(H,46,47,48)/b19-17+,25-23+/t33?,34-,37-,38?,39?,40+/m1/s1. The molecule has 310 valence electrons. The molecule has 13 heteroatoms. The maximum Gasteiger partial charge on any atom is 0.306 e. The van der Waals surface area contributed by atoms with Crippen molar-refractivity contribution < 1.29 is 56.8 Å². The van der Waals surface area contributed by atoms with Gasteiger partial charge in [0, 0.05) is 12.8 Å². The van der Waals surface area contributed by atoms with Crippen LogP contribution in [0.15, 0.2) is 24.3 Å². The lowest BCUT2D eigenvalue weighted by Gasteiger charge is -2.40. The summed E-state index contributed by atoms with van der Waals surface area (Å²) in [6.45, 7) is 3.67. The van der Waals surface area contributed by atoms with Crippen LogP contribution in [0.1, 0.15) is 162 Å². The second-order valence-electron chi connectivity index (χ2n) is 14.3. The summed E-state index contributed by atoms with van der Waals surface area (Å²) in [5, 5.41) is 30.7. The largest absolute Gasteiger partial charge is 0.462 e. The van der Waals surface area contributed by atoms with Crippen molar-refractivity contribution >= 4 is 22.1 Å². The number of hydrogen-bond donors (Lipinski definition) is 4. The first-order chi connectivity index (χ1) is 25.5. The van der Waals surface area contributed by atoms with Crippen LogP contribution in [-0.2, 0) is 38.7 Å². The van der Waals surface area contributed by atoms with Crippen LogP contribution in [0.3, 0.4) is 0 Å². The highest BCUT2D eigenvalue weighted by molar-refractivity contribution is 7.85. The van der Waals surface area contributed by atoms with Crippen molar-refractivity contribution in [3.63, 3.8) is 0 Å². The minimum Gasteiger partial charge on any atom is -0.462 e. The Kier molecular flexibility index (Phi) is 29.1. The molecule has 1 aliphatic rings. The maximum atomic E-state index is 12.7. The van der Waals surface area contributed by atoms with Gasteiger partial charge in [-0.15, -0.1) is 0 Å². The lowest BCUT2D eigenvalue weighted by atomic mass is 10.00. The third-order valence-corrected chi connectivity index (χ3v) is 10.0. The first-order valence-electron chi connectivity index (χ1n) is 20.4. The molecule has 0 radical (unpaired) electrons. The van der Waals surface area contributed by atoms with E-state index in [2.05, 4.69) is 26.0 Å². The van der Waals surface area contributed by atoms with E-state index in [0.29, 0.717) is 12.8 Å². The Labute approximate surface area is 319 Å². The molecule has 0 aromatic heterocycles. The monoisotopic (exact) mass is 776 g/mol. The van der Waals surface area contributed by atoms with Gasteiger partial charge in [0.25, 0.3) is 10.1 Å². The average Bonchev–Trinajstić information content (AvgIpc) is 3.12. The molecule has 0 saturated carbocycles. The van der Waals surface area contributed by atoms with Crippen LogP contribution in [0.5, 0.6) is 0 Å². The van der Waals surface area contributed by atoms with Crippen LogP contribution in [0.25, 0.3) is 0 Å². The molecule has 0 aromatic carbocycles. The lowest BCUT2D eigenvalue weighted by molar-refractivity contribution is -0.297. The summed E-state index contributed by atoms with van der Waals surface area (Å²) in [6.07, 6.45) is 22.5. The predicted molar refractivity (Wildman–Crippen MR) is 206 cm³/mol. The molecular weight excluding hydrogens is 704 g/mol. The number of ether oxygens (including phenoxy) is 4. The van der Waals surface area contributed by atoms with Gasteiger partial charge in [-0.1, -0.05) is 141 Å². The third-order valence-electron chi connectivity index (χ3n) is 9.30. The fourth-order valence-corrected chi connectivity index (χ4v) is 6.77. The summed E-state index contributed by atoms with van der Waals surface area (Å²) in [6, 6.07) is 0. The van der Waals surface area contributed by atoms with Crippen molar-refractivity contribution in [2.24, 2.45) is 0 Å². The lowest BCUT2D eigenvalue weighted by Crippen LogP contribution is -2.60. The zero-order valence-corrected chi connectivity index (χ0v) is 33.4. The fourth-order valence-electron chi connectivity index (χ4n) is 6.08. The molecular formula is C40H72O12S.